The smallest absolute Gasteiger partial charge is 0.332 e. The van der Waals surface area contributed by atoms with Gasteiger partial charge < -0.3 is 19.3 Å². The third kappa shape index (κ3) is 6.32. The second kappa shape index (κ2) is 12.4. The fraction of sp³-hybridized carbons (Fsp3) is 0.875. The van der Waals surface area contributed by atoms with Crippen molar-refractivity contribution in [3.63, 3.8) is 0 Å². The molecule has 0 heterocycles. The minimum absolute atomic E-state index is 0.0988. The molecule has 0 aliphatic heterocycles. The van der Waals surface area contributed by atoms with Crippen molar-refractivity contribution in [2.45, 2.75) is 111 Å². The van der Waals surface area contributed by atoms with Crippen molar-refractivity contribution < 1.29 is 28.9 Å². The van der Waals surface area contributed by atoms with E-state index in [4.69, 9.17) is 19.3 Å². The number of carbonyl (C=O) groups is 2. The van der Waals surface area contributed by atoms with Gasteiger partial charge in [0, 0.05) is 6.42 Å². The van der Waals surface area contributed by atoms with Gasteiger partial charge in [-0.3, -0.25) is 0 Å². The van der Waals surface area contributed by atoms with Gasteiger partial charge in [0.15, 0.2) is 0 Å². The Labute approximate surface area is 230 Å². The van der Waals surface area contributed by atoms with Crippen LogP contribution < -0.4 is 0 Å². The average molecular weight is 533 g/mol. The van der Waals surface area contributed by atoms with Crippen molar-refractivity contribution in [2.24, 2.45) is 46.3 Å². The fourth-order valence-corrected chi connectivity index (χ4v) is 9.29. The number of carbonyl (C=O) groups excluding carboxylic acids is 1. The molecule has 0 radical (unpaired) electrons. The van der Waals surface area contributed by atoms with E-state index >= 15 is 0 Å². The zero-order valence-electron chi connectivity index (χ0n) is 24.5. The lowest BCUT2D eigenvalue weighted by molar-refractivity contribution is -0.164. The number of esters is 1. The number of carboxylic acid groups (broad SMARTS) is 1. The van der Waals surface area contributed by atoms with Crippen LogP contribution in [0.1, 0.15) is 105 Å². The summed E-state index contributed by atoms with van der Waals surface area (Å²) in [5.74, 6) is 3.46. The molecule has 4 aliphatic carbocycles. The summed E-state index contributed by atoms with van der Waals surface area (Å²) in [6.07, 6.45) is 16.1. The van der Waals surface area contributed by atoms with Gasteiger partial charge in [0.25, 0.3) is 0 Å². The minimum atomic E-state index is -1.06. The van der Waals surface area contributed by atoms with E-state index < -0.39 is 18.5 Å². The number of fused-ring (bicyclic) bond motifs is 5. The van der Waals surface area contributed by atoms with Crippen LogP contribution in [0.4, 0.5) is 0 Å². The van der Waals surface area contributed by atoms with Gasteiger partial charge in [-0.2, -0.15) is 0 Å². The first kappa shape index (κ1) is 29.6. The Bertz CT molecular complexity index is 866. The molecule has 6 nitrogen and oxygen atoms in total. The molecule has 0 aromatic carbocycles. The Hall–Kier alpha value is -1.40. The quantitative estimate of drug-likeness (QED) is 0.126. The topological polar surface area (TPSA) is 82.1 Å². The van der Waals surface area contributed by atoms with Gasteiger partial charge in [0.05, 0.1) is 0 Å². The Balaban J connectivity index is 1.32. The predicted octanol–water partition coefficient (Wildman–Crippen LogP) is 7.01. The number of allylic oxidation sites excluding steroid dienone is 1. The maximum atomic E-state index is 12.3. The van der Waals surface area contributed by atoms with Crippen LogP contribution in [-0.4, -0.2) is 43.2 Å². The molecule has 3 saturated carbocycles. The van der Waals surface area contributed by atoms with Gasteiger partial charge in [-0.15, -0.1) is 0 Å². The summed E-state index contributed by atoms with van der Waals surface area (Å²) in [6.45, 7) is 11.5. The predicted molar refractivity (Wildman–Crippen MR) is 147 cm³/mol. The fourth-order valence-electron chi connectivity index (χ4n) is 9.29. The van der Waals surface area contributed by atoms with Gasteiger partial charge in [-0.25, -0.2) is 9.59 Å². The summed E-state index contributed by atoms with van der Waals surface area (Å²) in [4.78, 5) is 22.8. The molecule has 0 aromatic rings. The second-order valence-electron chi connectivity index (χ2n) is 13.9. The highest BCUT2D eigenvalue weighted by molar-refractivity contribution is 5.71. The Morgan fingerprint density at radius 2 is 1.76 bits per heavy atom. The van der Waals surface area contributed by atoms with E-state index in [9.17, 15) is 9.59 Å². The molecule has 1 N–H and O–H groups in total. The SMILES string of the molecule is CC(C)CCC[C@@H](C)[C@H]1CC[C@H]2[C@@H]3CC=C4C[C@@H](OC(=O)COCOCC(=O)O)CC[C@]4(C)[C@H]3CC[C@]12C. The van der Waals surface area contributed by atoms with Crippen LogP contribution in [0.5, 0.6) is 0 Å². The van der Waals surface area contributed by atoms with Crippen LogP contribution in [0.3, 0.4) is 0 Å². The van der Waals surface area contributed by atoms with Crippen LogP contribution >= 0.6 is 0 Å². The van der Waals surface area contributed by atoms with Crippen LogP contribution in [0.15, 0.2) is 11.6 Å². The van der Waals surface area contributed by atoms with E-state index in [1.54, 1.807) is 0 Å². The summed E-state index contributed by atoms with van der Waals surface area (Å²) in [7, 11) is 0. The molecule has 8 atom stereocenters. The van der Waals surface area contributed by atoms with Gasteiger partial charge in [0.2, 0.25) is 0 Å². The summed E-state index contributed by atoms with van der Waals surface area (Å²) < 4.78 is 15.7. The molecule has 216 valence electrons. The van der Waals surface area contributed by atoms with Crippen molar-refractivity contribution in [1.29, 1.82) is 0 Å². The third-order valence-electron chi connectivity index (χ3n) is 11.2. The molecule has 0 amide bonds. The van der Waals surface area contributed by atoms with Gasteiger partial charge >= 0.3 is 11.9 Å². The standard InChI is InChI=1S/C32H52O6/c1-21(2)7-6-8-22(3)26-11-12-27-25-10-9-23-17-24(38-30(35)19-37-20-36-18-29(33)34)13-15-31(23,4)28(25)14-16-32(26,27)5/h9,21-22,24-28H,6-8,10-20H2,1-5H3,(H,33,34)/t22-,24+,25+,26-,27+,28+,31+,32-/m1/s1. The summed E-state index contributed by atoms with van der Waals surface area (Å²) >= 11 is 0. The van der Waals surface area contributed by atoms with E-state index in [1.165, 1.54) is 56.9 Å². The minimum Gasteiger partial charge on any atom is -0.480 e. The normalized spacial score (nSPS) is 37.1. The molecule has 4 aliphatic rings. The average Bonchev–Trinajstić information content (AvgIpc) is 3.21. The highest BCUT2D eigenvalue weighted by Crippen LogP contribution is 2.67. The lowest BCUT2D eigenvalue weighted by Crippen LogP contribution is -2.51. The maximum absolute atomic E-state index is 12.3. The molecule has 0 aromatic heterocycles. The van der Waals surface area contributed by atoms with Crippen molar-refractivity contribution in [3.05, 3.63) is 11.6 Å². The van der Waals surface area contributed by atoms with E-state index in [0.29, 0.717) is 5.41 Å². The molecule has 0 saturated heterocycles. The maximum Gasteiger partial charge on any atom is 0.332 e. The monoisotopic (exact) mass is 532 g/mol. The summed E-state index contributed by atoms with van der Waals surface area (Å²) in [6, 6.07) is 0. The van der Waals surface area contributed by atoms with Crippen LogP contribution in [0, 0.1) is 46.3 Å². The van der Waals surface area contributed by atoms with Crippen molar-refractivity contribution >= 4 is 11.9 Å². The number of ether oxygens (including phenoxy) is 3. The second-order valence-corrected chi connectivity index (χ2v) is 13.9. The zero-order chi connectivity index (χ0) is 27.5. The van der Waals surface area contributed by atoms with E-state index in [1.807, 2.05) is 0 Å². The van der Waals surface area contributed by atoms with Crippen molar-refractivity contribution in [3.8, 4) is 0 Å². The first-order valence-electron chi connectivity index (χ1n) is 15.3. The number of hydrogen-bond donors (Lipinski definition) is 1. The zero-order valence-corrected chi connectivity index (χ0v) is 24.5. The lowest BCUT2D eigenvalue weighted by Gasteiger charge is -2.58. The molecule has 3 fully saturated rings. The van der Waals surface area contributed by atoms with Crippen LogP contribution in [-0.2, 0) is 23.8 Å². The third-order valence-corrected chi connectivity index (χ3v) is 11.2. The lowest BCUT2D eigenvalue weighted by atomic mass is 9.47. The number of hydrogen-bond acceptors (Lipinski definition) is 5. The summed E-state index contributed by atoms with van der Waals surface area (Å²) in [5, 5.41) is 8.58. The Kier molecular flexibility index (Phi) is 9.66. The largest absolute Gasteiger partial charge is 0.480 e. The first-order chi connectivity index (χ1) is 18.0. The molecule has 0 spiro atoms. The molecular formula is C32H52O6. The highest BCUT2D eigenvalue weighted by atomic mass is 16.7. The molecule has 38 heavy (non-hydrogen) atoms. The highest BCUT2D eigenvalue weighted by Gasteiger charge is 2.59. The van der Waals surface area contributed by atoms with Crippen molar-refractivity contribution in [2.75, 3.05) is 20.0 Å². The van der Waals surface area contributed by atoms with Gasteiger partial charge in [0.1, 0.15) is 26.1 Å². The van der Waals surface area contributed by atoms with E-state index in [-0.39, 0.29) is 24.9 Å². The van der Waals surface area contributed by atoms with Gasteiger partial charge in [-0.1, -0.05) is 65.5 Å². The van der Waals surface area contributed by atoms with Gasteiger partial charge in [-0.05, 0) is 91.3 Å². The van der Waals surface area contributed by atoms with E-state index in [0.717, 1.165) is 54.8 Å². The molecular weight excluding hydrogens is 480 g/mol. The Morgan fingerprint density at radius 1 is 1.00 bits per heavy atom. The molecule has 6 heteroatoms. The van der Waals surface area contributed by atoms with Crippen molar-refractivity contribution in [1.82, 2.24) is 0 Å². The number of carboxylic acids is 1. The molecule has 0 unspecified atom stereocenters. The van der Waals surface area contributed by atoms with Crippen LogP contribution in [0.25, 0.3) is 0 Å². The Morgan fingerprint density at radius 3 is 2.50 bits per heavy atom. The van der Waals surface area contributed by atoms with Crippen LogP contribution in [0.2, 0.25) is 0 Å². The van der Waals surface area contributed by atoms with E-state index in [2.05, 4.69) is 40.7 Å². The molecule has 0 bridgehead atoms. The first-order valence-corrected chi connectivity index (χ1v) is 15.3. The number of rotatable bonds is 12. The summed E-state index contributed by atoms with van der Waals surface area (Å²) in [5.41, 5.74) is 2.24. The molecule has 4 rings (SSSR count). The number of aliphatic carboxylic acids is 1.